The Morgan fingerprint density at radius 1 is 1.25 bits per heavy atom. The van der Waals surface area contributed by atoms with Crippen LogP contribution in [0.3, 0.4) is 0 Å². The molecule has 16 heavy (non-hydrogen) atoms. The number of piperidine rings is 1. The fourth-order valence-corrected chi connectivity index (χ4v) is 3.96. The maximum Gasteiger partial charge on any atom is 0.237 e. The molecule has 0 aromatic heterocycles. The first-order valence-electron chi connectivity index (χ1n) is 5.81. The topological polar surface area (TPSA) is 75.3 Å². The van der Waals surface area contributed by atoms with Crippen LogP contribution in [-0.2, 0) is 14.6 Å². The second kappa shape index (κ2) is 4.71. The Morgan fingerprint density at radius 3 is 2.62 bits per heavy atom. The Bertz CT molecular complexity index is 360. The molecule has 2 rings (SSSR count). The lowest BCUT2D eigenvalue weighted by Crippen LogP contribution is -2.49. The van der Waals surface area contributed by atoms with Crippen molar-refractivity contribution in [2.24, 2.45) is 0 Å². The van der Waals surface area contributed by atoms with Crippen LogP contribution in [0.4, 0.5) is 0 Å². The standard InChI is InChI=1S/C10H18N2O3S/c13-10(9-3-1-2-5-11-9)12-8-4-6-16(14,15)7-8/h8-9,11H,1-7H2,(H,12,13). The van der Waals surface area contributed by atoms with E-state index >= 15 is 0 Å². The monoisotopic (exact) mass is 246 g/mol. The largest absolute Gasteiger partial charge is 0.351 e. The molecule has 2 atom stereocenters. The van der Waals surface area contributed by atoms with E-state index < -0.39 is 9.84 Å². The third-order valence-corrected chi connectivity index (χ3v) is 4.97. The Balaban J connectivity index is 1.83. The van der Waals surface area contributed by atoms with Gasteiger partial charge in [-0.05, 0) is 25.8 Å². The molecule has 0 bridgehead atoms. The van der Waals surface area contributed by atoms with Crippen molar-refractivity contribution in [3.63, 3.8) is 0 Å². The summed E-state index contributed by atoms with van der Waals surface area (Å²) in [5.41, 5.74) is 0. The van der Waals surface area contributed by atoms with Crippen LogP contribution < -0.4 is 10.6 Å². The molecule has 2 aliphatic heterocycles. The number of nitrogens with one attached hydrogen (secondary N) is 2. The normalized spacial score (nSPS) is 33.5. The number of carbonyl (C=O) groups excluding carboxylic acids is 1. The molecule has 2 fully saturated rings. The quantitative estimate of drug-likeness (QED) is 0.684. The van der Waals surface area contributed by atoms with Crippen molar-refractivity contribution >= 4 is 15.7 Å². The van der Waals surface area contributed by atoms with E-state index in [1.54, 1.807) is 0 Å². The smallest absolute Gasteiger partial charge is 0.237 e. The summed E-state index contributed by atoms with van der Waals surface area (Å²) in [5.74, 6) is 0.267. The lowest BCUT2D eigenvalue weighted by molar-refractivity contribution is -0.124. The van der Waals surface area contributed by atoms with Gasteiger partial charge in [-0.25, -0.2) is 8.42 Å². The first-order chi connectivity index (χ1) is 7.57. The van der Waals surface area contributed by atoms with Crippen molar-refractivity contribution in [3.8, 4) is 0 Å². The third kappa shape index (κ3) is 2.95. The van der Waals surface area contributed by atoms with Crippen LogP contribution in [0.15, 0.2) is 0 Å². The molecule has 5 nitrogen and oxygen atoms in total. The van der Waals surface area contributed by atoms with Crippen molar-refractivity contribution in [1.29, 1.82) is 0 Å². The Hall–Kier alpha value is -0.620. The average Bonchev–Trinajstić information content (AvgIpc) is 2.59. The molecule has 6 heteroatoms. The lowest BCUT2D eigenvalue weighted by atomic mass is 10.0. The van der Waals surface area contributed by atoms with Crippen LogP contribution in [0.25, 0.3) is 0 Å². The second-order valence-electron chi connectivity index (χ2n) is 4.61. The van der Waals surface area contributed by atoms with E-state index in [2.05, 4.69) is 10.6 Å². The van der Waals surface area contributed by atoms with Crippen molar-refractivity contribution in [3.05, 3.63) is 0 Å². The molecule has 2 heterocycles. The Labute approximate surface area is 95.9 Å². The van der Waals surface area contributed by atoms with Crippen molar-refractivity contribution < 1.29 is 13.2 Å². The summed E-state index contributed by atoms with van der Waals surface area (Å²) < 4.78 is 22.5. The maximum absolute atomic E-state index is 11.8. The van der Waals surface area contributed by atoms with Crippen LogP contribution in [-0.4, -0.2) is 44.5 Å². The van der Waals surface area contributed by atoms with Crippen molar-refractivity contribution in [1.82, 2.24) is 10.6 Å². The summed E-state index contributed by atoms with van der Waals surface area (Å²) in [5, 5.41) is 5.98. The summed E-state index contributed by atoms with van der Waals surface area (Å²) in [4.78, 5) is 11.8. The highest BCUT2D eigenvalue weighted by Crippen LogP contribution is 2.13. The van der Waals surface area contributed by atoms with Gasteiger partial charge in [-0.1, -0.05) is 6.42 Å². The number of sulfone groups is 1. The second-order valence-corrected chi connectivity index (χ2v) is 6.84. The summed E-state index contributed by atoms with van der Waals surface area (Å²) >= 11 is 0. The van der Waals surface area contributed by atoms with E-state index in [1.807, 2.05) is 0 Å². The van der Waals surface area contributed by atoms with E-state index in [0.29, 0.717) is 6.42 Å². The van der Waals surface area contributed by atoms with E-state index in [9.17, 15) is 13.2 Å². The maximum atomic E-state index is 11.8. The first-order valence-corrected chi connectivity index (χ1v) is 7.63. The van der Waals surface area contributed by atoms with Crippen molar-refractivity contribution in [2.45, 2.75) is 37.8 Å². The highest BCUT2D eigenvalue weighted by Gasteiger charge is 2.30. The molecule has 2 aliphatic rings. The molecule has 2 N–H and O–H groups in total. The van der Waals surface area contributed by atoms with E-state index in [-0.39, 0.29) is 29.5 Å². The van der Waals surface area contributed by atoms with Gasteiger partial charge in [0.2, 0.25) is 5.91 Å². The highest BCUT2D eigenvalue weighted by atomic mass is 32.2. The van der Waals surface area contributed by atoms with Gasteiger partial charge in [0, 0.05) is 6.04 Å². The zero-order valence-electron chi connectivity index (χ0n) is 9.24. The van der Waals surface area contributed by atoms with Gasteiger partial charge in [0.15, 0.2) is 9.84 Å². The van der Waals surface area contributed by atoms with Gasteiger partial charge in [0.25, 0.3) is 0 Å². The Kier molecular flexibility index (Phi) is 3.49. The summed E-state index contributed by atoms with van der Waals surface area (Å²) in [7, 11) is -2.91. The zero-order valence-corrected chi connectivity index (χ0v) is 10.1. The molecule has 0 radical (unpaired) electrons. The van der Waals surface area contributed by atoms with Crippen LogP contribution in [0.5, 0.6) is 0 Å². The van der Waals surface area contributed by atoms with Crippen LogP contribution >= 0.6 is 0 Å². The molecule has 0 saturated carbocycles. The molecule has 2 unspecified atom stereocenters. The number of amides is 1. The van der Waals surface area contributed by atoms with Gasteiger partial charge in [-0.3, -0.25) is 4.79 Å². The molecule has 2 saturated heterocycles. The fraction of sp³-hybridized carbons (Fsp3) is 0.900. The number of rotatable bonds is 2. The molecule has 0 aromatic rings. The predicted molar refractivity (Wildman–Crippen MR) is 60.8 cm³/mol. The summed E-state index contributed by atoms with van der Waals surface area (Å²) in [6.45, 7) is 0.876. The summed E-state index contributed by atoms with van der Waals surface area (Å²) in [6.07, 6.45) is 3.59. The number of hydrogen-bond acceptors (Lipinski definition) is 4. The van der Waals surface area contributed by atoms with Crippen LogP contribution in [0.1, 0.15) is 25.7 Å². The molecule has 1 amide bonds. The van der Waals surface area contributed by atoms with Gasteiger partial charge < -0.3 is 10.6 Å². The zero-order chi connectivity index (χ0) is 11.6. The highest BCUT2D eigenvalue weighted by molar-refractivity contribution is 7.91. The third-order valence-electron chi connectivity index (χ3n) is 3.21. The number of hydrogen-bond donors (Lipinski definition) is 2. The predicted octanol–water partition coefficient (Wildman–Crippen LogP) is -0.568. The van der Waals surface area contributed by atoms with E-state index in [1.165, 1.54) is 0 Å². The molecular formula is C10H18N2O3S. The molecule has 0 spiro atoms. The molecule has 92 valence electrons. The van der Waals surface area contributed by atoms with E-state index in [4.69, 9.17) is 0 Å². The van der Waals surface area contributed by atoms with Crippen LogP contribution in [0.2, 0.25) is 0 Å². The first kappa shape index (κ1) is 11.9. The SMILES string of the molecule is O=C(NC1CCS(=O)(=O)C1)C1CCCCN1. The minimum atomic E-state index is -2.91. The minimum Gasteiger partial charge on any atom is -0.351 e. The molecular weight excluding hydrogens is 228 g/mol. The summed E-state index contributed by atoms with van der Waals surface area (Å²) in [6, 6.07) is -0.307. The number of carbonyl (C=O) groups is 1. The molecule has 0 aliphatic carbocycles. The van der Waals surface area contributed by atoms with Gasteiger partial charge in [-0.15, -0.1) is 0 Å². The van der Waals surface area contributed by atoms with Gasteiger partial charge in [0.1, 0.15) is 0 Å². The van der Waals surface area contributed by atoms with Gasteiger partial charge >= 0.3 is 0 Å². The van der Waals surface area contributed by atoms with Crippen molar-refractivity contribution in [2.75, 3.05) is 18.1 Å². The van der Waals surface area contributed by atoms with Crippen LogP contribution in [0, 0.1) is 0 Å². The minimum absolute atomic E-state index is 0.0400. The van der Waals surface area contributed by atoms with Gasteiger partial charge in [0.05, 0.1) is 17.5 Å². The molecule has 0 aromatic carbocycles. The van der Waals surface area contributed by atoms with E-state index in [0.717, 1.165) is 25.8 Å². The van der Waals surface area contributed by atoms with Gasteiger partial charge in [-0.2, -0.15) is 0 Å². The average molecular weight is 246 g/mol. The lowest BCUT2D eigenvalue weighted by Gasteiger charge is -2.24. The Morgan fingerprint density at radius 2 is 2.06 bits per heavy atom. The fourth-order valence-electron chi connectivity index (χ4n) is 2.29.